The van der Waals surface area contributed by atoms with Gasteiger partial charge in [-0.3, -0.25) is 19.3 Å². The van der Waals surface area contributed by atoms with Gasteiger partial charge in [0.1, 0.15) is 23.4 Å². The Hall–Kier alpha value is -3.37. The number of likely N-dealkylation sites (N-methyl/N-ethyl adjacent to an activating group) is 1. The van der Waals surface area contributed by atoms with Crippen LogP contribution in [0.1, 0.15) is 39.1 Å². The minimum Gasteiger partial charge on any atom is -0.353 e. The van der Waals surface area contributed by atoms with Crippen LogP contribution < -0.4 is 5.32 Å². The molecule has 0 aliphatic carbocycles. The molecule has 2 fully saturated rings. The summed E-state index contributed by atoms with van der Waals surface area (Å²) in [7, 11) is 3.81. The number of piperidine rings is 1. The zero-order valence-corrected chi connectivity index (χ0v) is 21.3. The summed E-state index contributed by atoms with van der Waals surface area (Å²) in [5, 5.41) is 2.89. The summed E-state index contributed by atoms with van der Waals surface area (Å²) in [6.07, 6.45) is 0.501. The van der Waals surface area contributed by atoms with Gasteiger partial charge in [0.2, 0.25) is 5.91 Å². The molecular weight excluding hydrogens is 482 g/mol. The monoisotopic (exact) mass is 514 g/mol. The molecule has 1 N–H and O–H groups in total. The van der Waals surface area contributed by atoms with Gasteiger partial charge in [0.15, 0.2) is 0 Å². The molecule has 0 bridgehead atoms. The van der Waals surface area contributed by atoms with Crippen LogP contribution in [0.15, 0.2) is 42.5 Å². The molecule has 2 saturated heterocycles. The topological polar surface area (TPSA) is 82.2 Å². The van der Waals surface area contributed by atoms with E-state index in [0.717, 1.165) is 17.7 Å². The molecule has 2 aliphatic heterocycles. The Morgan fingerprint density at radius 2 is 1.81 bits per heavy atom. The number of halogens is 2. The molecule has 37 heavy (non-hydrogen) atoms. The van der Waals surface area contributed by atoms with E-state index in [-0.39, 0.29) is 49.9 Å². The van der Waals surface area contributed by atoms with E-state index in [1.807, 2.05) is 32.0 Å². The van der Waals surface area contributed by atoms with Crippen LogP contribution in [0.2, 0.25) is 0 Å². The maximum atomic E-state index is 14.2. The van der Waals surface area contributed by atoms with Crippen molar-refractivity contribution in [3.8, 4) is 0 Å². The quantitative estimate of drug-likeness (QED) is 0.641. The molecule has 8 nitrogen and oxygen atoms in total. The van der Waals surface area contributed by atoms with Crippen molar-refractivity contribution < 1.29 is 27.9 Å². The number of amides is 3. The maximum absolute atomic E-state index is 14.2. The van der Waals surface area contributed by atoms with Crippen LogP contribution in [0.3, 0.4) is 0 Å². The molecule has 0 saturated carbocycles. The van der Waals surface area contributed by atoms with Gasteiger partial charge in [-0.25, -0.2) is 8.78 Å². The molecule has 2 aromatic rings. The van der Waals surface area contributed by atoms with Gasteiger partial charge in [0.25, 0.3) is 11.8 Å². The lowest BCUT2D eigenvalue weighted by Gasteiger charge is -2.44. The summed E-state index contributed by atoms with van der Waals surface area (Å²) in [5.41, 5.74) is 0.0646. The number of hydrogen-bond donors (Lipinski definition) is 1. The molecule has 1 atom stereocenters. The van der Waals surface area contributed by atoms with Crippen molar-refractivity contribution in [2.45, 2.75) is 31.5 Å². The number of ether oxygens (including phenoxy) is 1. The SMILES string of the molecule is Cc1cccc(C(=O)N2C(C(=O)NCCN(C)C)COC23CCN(C(=O)c2ccc(F)cc2F)CC3)c1. The lowest BCUT2D eigenvalue weighted by molar-refractivity contribution is -0.128. The minimum absolute atomic E-state index is 0.0336. The van der Waals surface area contributed by atoms with E-state index < -0.39 is 29.3 Å². The lowest BCUT2D eigenvalue weighted by atomic mass is 9.95. The molecule has 2 heterocycles. The van der Waals surface area contributed by atoms with Gasteiger partial charge >= 0.3 is 0 Å². The van der Waals surface area contributed by atoms with E-state index in [9.17, 15) is 23.2 Å². The predicted octanol–water partition coefficient (Wildman–Crippen LogP) is 2.42. The number of carbonyl (C=O) groups excluding carboxylic acids is 3. The molecule has 2 aliphatic rings. The average molecular weight is 515 g/mol. The van der Waals surface area contributed by atoms with Crippen LogP contribution in [-0.4, -0.2) is 91.1 Å². The Labute approximate surface area is 215 Å². The largest absolute Gasteiger partial charge is 0.353 e. The Bertz CT molecular complexity index is 1180. The van der Waals surface area contributed by atoms with Gasteiger partial charge in [-0.05, 0) is 45.3 Å². The van der Waals surface area contributed by atoms with Gasteiger partial charge in [0.05, 0.1) is 12.2 Å². The fraction of sp³-hybridized carbons (Fsp3) is 0.444. The Balaban J connectivity index is 1.55. The number of aryl methyl sites for hydroxylation is 1. The Kier molecular flexibility index (Phi) is 7.89. The van der Waals surface area contributed by atoms with Crippen molar-refractivity contribution >= 4 is 17.7 Å². The van der Waals surface area contributed by atoms with Gasteiger partial charge in [-0.1, -0.05) is 17.7 Å². The van der Waals surface area contributed by atoms with Crippen molar-refractivity contribution in [3.63, 3.8) is 0 Å². The fourth-order valence-electron chi connectivity index (χ4n) is 4.90. The highest BCUT2D eigenvalue weighted by Crippen LogP contribution is 2.39. The highest BCUT2D eigenvalue weighted by Gasteiger charge is 2.54. The van der Waals surface area contributed by atoms with Crippen LogP contribution in [0.25, 0.3) is 0 Å². The normalized spacial score (nSPS) is 18.9. The van der Waals surface area contributed by atoms with E-state index in [2.05, 4.69) is 5.32 Å². The second-order valence-electron chi connectivity index (χ2n) is 9.83. The number of nitrogens with zero attached hydrogens (tertiary/aromatic N) is 3. The molecule has 3 amide bonds. The summed E-state index contributed by atoms with van der Waals surface area (Å²) < 4.78 is 33.7. The molecule has 1 spiro atoms. The van der Waals surface area contributed by atoms with E-state index >= 15 is 0 Å². The third-order valence-corrected chi connectivity index (χ3v) is 6.90. The van der Waals surface area contributed by atoms with Crippen molar-refractivity contribution in [2.75, 3.05) is 46.9 Å². The second-order valence-corrected chi connectivity index (χ2v) is 9.83. The van der Waals surface area contributed by atoms with Crippen molar-refractivity contribution in [1.29, 1.82) is 0 Å². The molecule has 1 unspecified atom stereocenters. The van der Waals surface area contributed by atoms with Crippen LogP contribution in [0.4, 0.5) is 8.78 Å². The highest BCUT2D eigenvalue weighted by molar-refractivity contribution is 5.99. The number of carbonyl (C=O) groups is 3. The van der Waals surface area contributed by atoms with Crippen LogP contribution in [0.5, 0.6) is 0 Å². The number of likely N-dealkylation sites (tertiary alicyclic amines) is 1. The fourth-order valence-corrected chi connectivity index (χ4v) is 4.90. The van der Waals surface area contributed by atoms with Crippen LogP contribution >= 0.6 is 0 Å². The smallest absolute Gasteiger partial charge is 0.256 e. The average Bonchev–Trinajstić information content (AvgIpc) is 3.22. The third-order valence-electron chi connectivity index (χ3n) is 6.90. The van der Waals surface area contributed by atoms with Crippen molar-refractivity contribution in [1.82, 2.24) is 20.0 Å². The third kappa shape index (κ3) is 5.65. The van der Waals surface area contributed by atoms with Gasteiger partial charge in [-0.2, -0.15) is 0 Å². The van der Waals surface area contributed by atoms with E-state index in [1.165, 1.54) is 9.80 Å². The zero-order valence-electron chi connectivity index (χ0n) is 21.3. The van der Waals surface area contributed by atoms with Crippen molar-refractivity contribution in [3.05, 3.63) is 70.8 Å². The number of hydrogen-bond acceptors (Lipinski definition) is 5. The minimum atomic E-state index is -1.08. The van der Waals surface area contributed by atoms with Crippen LogP contribution in [-0.2, 0) is 9.53 Å². The summed E-state index contributed by atoms with van der Waals surface area (Å²) in [6.45, 7) is 3.36. The second kappa shape index (κ2) is 10.9. The zero-order chi connectivity index (χ0) is 26.7. The first kappa shape index (κ1) is 26.7. The van der Waals surface area contributed by atoms with Gasteiger partial charge < -0.3 is 19.9 Å². The van der Waals surface area contributed by atoms with Gasteiger partial charge in [-0.15, -0.1) is 0 Å². The highest BCUT2D eigenvalue weighted by atomic mass is 19.1. The first-order valence-corrected chi connectivity index (χ1v) is 12.3. The lowest BCUT2D eigenvalue weighted by Crippen LogP contribution is -2.60. The van der Waals surface area contributed by atoms with Crippen molar-refractivity contribution in [2.24, 2.45) is 0 Å². The summed E-state index contributed by atoms with van der Waals surface area (Å²) >= 11 is 0. The molecule has 0 radical (unpaired) electrons. The number of nitrogens with one attached hydrogen (secondary N) is 1. The molecule has 10 heteroatoms. The van der Waals surface area contributed by atoms with Crippen LogP contribution in [0, 0.1) is 18.6 Å². The Morgan fingerprint density at radius 3 is 2.46 bits per heavy atom. The molecule has 0 aromatic heterocycles. The first-order chi connectivity index (χ1) is 17.6. The summed E-state index contributed by atoms with van der Waals surface area (Å²) in [6, 6.07) is 9.18. The summed E-state index contributed by atoms with van der Waals surface area (Å²) in [4.78, 5) is 44.8. The van der Waals surface area contributed by atoms with E-state index in [1.54, 1.807) is 18.2 Å². The standard InChI is InChI=1S/C27H32F2N4O4/c1-18-5-4-6-19(15-18)25(35)33-23(24(34)30-11-14-31(2)3)17-37-27(33)9-12-32(13-10-27)26(36)21-8-7-20(28)16-22(21)29/h4-8,15-16,23H,9-14,17H2,1-3H3,(H,30,34). The molecule has 4 rings (SSSR count). The predicted molar refractivity (Wildman–Crippen MR) is 133 cm³/mol. The number of rotatable bonds is 6. The maximum Gasteiger partial charge on any atom is 0.256 e. The van der Waals surface area contributed by atoms with Gasteiger partial charge in [0, 0.05) is 50.7 Å². The first-order valence-electron chi connectivity index (χ1n) is 12.3. The van der Waals surface area contributed by atoms with E-state index in [0.29, 0.717) is 24.7 Å². The molecule has 198 valence electrons. The number of benzene rings is 2. The summed E-state index contributed by atoms with van der Waals surface area (Å²) in [5.74, 6) is -2.86. The Morgan fingerprint density at radius 1 is 1.08 bits per heavy atom. The molecular formula is C27H32F2N4O4. The molecule has 2 aromatic carbocycles. The van der Waals surface area contributed by atoms with E-state index in [4.69, 9.17) is 4.74 Å².